The van der Waals surface area contributed by atoms with Gasteiger partial charge in [0, 0.05) is 35.5 Å². The Morgan fingerprint density at radius 2 is 2.00 bits per heavy atom. The number of fused-ring (bicyclic) bond motifs is 2. The molecule has 5 nitrogen and oxygen atoms in total. The summed E-state index contributed by atoms with van der Waals surface area (Å²) in [5.41, 5.74) is 3.01. The SMILES string of the molecule is O=C1NCc2ccccc2OCC/C=C\c2cncc3ccc1nc23. The minimum atomic E-state index is -0.208. The molecule has 1 N–H and O–H groups in total. The van der Waals surface area contributed by atoms with Crippen molar-refractivity contribution in [1.82, 2.24) is 15.3 Å². The monoisotopic (exact) mass is 331 g/mol. The first-order chi connectivity index (χ1) is 12.3. The summed E-state index contributed by atoms with van der Waals surface area (Å²) < 4.78 is 5.86. The van der Waals surface area contributed by atoms with Crippen molar-refractivity contribution in [2.45, 2.75) is 13.0 Å². The van der Waals surface area contributed by atoms with Gasteiger partial charge in [-0.3, -0.25) is 9.78 Å². The van der Waals surface area contributed by atoms with Gasteiger partial charge in [-0.2, -0.15) is 0 Å². The molecule has 0 atom stereocenters. The van der Waals surface area contributed by atoms with Crippen LogP contribution in [0.1, 0.15) is 28.0 Å². The van der Waals surface area contributed by atoms with Gasteiger partial charge in [-0.15, -0.1) is 0 Å². The number of ether oxygens (including phenoxy) is 1. The third-order valence-corrected chi connectivity index (χ3v) is 4.11. The summed E-state index contributed by atoms with van der Waals surface area (Å²) in [6, 6.07) is 11.3. The van der Waals surface area contributed by atoms with Gasteiger partial charge in [-0.1, -0.05) is 30.4 Å². The Bertz CT molecular complexity index is 966. The van der Waals surface area contributed by atoms with Crippen molar-refractivity contribution >= 4 is 22.9 Å². The highest BCUT2D eigenvalue weighted by Crippen LogP contribution is 2.20. The molecule has 5 heteroatoms. The van der Waals surface area contributed by atoms with Gasteiger partial charge in [0.25, 0.3) is 5.91 Å². The molecular formula is C20H17N3O2. The predicted octanol–water partition coefficient (Wildman–Crippen LogP) is 3.36. The third kappa shape index (κ3) is 3.21. The van der Waals surface area contributed by atoms with Crippen molar-refractivity contribution in [2.75, 3.05) is 6.61 Å². The number of amides is 1. The summed E-state index contributed by atoms with van der Waals surface area (Å²) in [7, 11) is 0. The van der Waals surface area contributed by atoms with Crippen molar-refractivity contribution in [3.8, 4) is 5.75 Å². The number of aromatic nitrogens is 2. The first-order valence-electron chi connectivity index (χ1n) is 8.21. The van der Waals surface area contributed by atoms with E-state index in [1.807, 2.05) is 42.5 Å². The van der Waals surface area contributed by atoms with Crippen molar-refractivity contribution in [3.05, 3.63) is 71.7 Å². The van der Waals surface area contributed by atoms with Crippen LogP contribution in [-0.4, -0.2) is 22.5 Å². The number of benzene rings is 1. The van der Waals surface area contributed by atoms with Crippen LogP contribution in [0.4, 0.5) is 0 Å². The Kier molecular flexibility index (Phi) is 4.12. The van der Waals surface area contributed by atoms with E-state index in [1.165, 1.54) is 0 Å². The molecule has 0 unspecified atom stereocenters. The molecular weight excluding hydrogens is 314 g/mol. The van der Waals surface area contributed by atoms with Gasteiger partial charge >= 0.3 is 0 Å². The average Bonchev–Trinajstić information content (AvgIpc) is 2.66. The molecule has 25 heavy (non-hydrogen) atoms. The van der Waals surface area contributed by atoms with E-state index in [0.717, 1.165) is 34.2 Å². The van der Waals surface area contributed by atoms with Gasteiger partial charge in [0.2, 0.25) is 0 Å². The number of hydrogen-bond acceptors (Lipinski definition) is 4. The van der Waals surface area contributed by atoms with Crippen LogP contribution >= 0.6 is 0 Å². The lowest BCUT2D eigenvalue weighted by Crippen LogP contribution is -2.24. The smallest absolute Gasteiger partial charge is 0.270 e. The summed E-state index contributed by atoms with van der Waals surface area (Å²) >= 11 is 0. The molecule has 0 spiro atoms. The average molecular weight is 331 g/mol. The fourth-order valence-corrected chi connectivity index (χ4v) is 2.82. The van der Waals surface area contributed by atoms with E-state index >= 15 is 0 Å². The largest absolute Gasteiger partial charge is 0.493 e. The highest BCUT2D eigenvalue weighted by Gasteiger charge is 2.11. The molecule has 124 valence electrons. The second-order valence-electron chi connectivity index (χ2n) is 5.83. The number of rotatable bonds is 0. The lowest BCUT2D eigenvalue weighted by molar-refractivity contribution is 0.0946. The molecule has 0 aliphatic carbocycles. The summed E-state index contributed by atoms with van der Waals surface area (Å²) in [4.78, 5) is 21.3. The van der Waals surface area contributed by atoms with Crippen molar-refractivity contribution < 1.29 is 9.53 Å². The molecule has 1 amide bonds. The van der Waals surface area contributed by atoms with Crippen LogP contribution in [0.3, 0.4) is 0 Å². The van der Waals surface area contributed by atoms with E-state index in [2.05, 4.69) is 15.3 Å². The molecule has 0 saturated heterocycles. The molecule has 1 aromatic carbocycles. The second kappa shape index (κ2) is 6.73. The minimum Gasteiger partial charge on any atom is -0.493 e. The minimum absolute atomic E-state index is 0.208. The van der Waals surface area contributed by atoms with Gasteiger partial charge in [0.05, 0.1) is 12.1 Å². The molecule has 0 radical (unpaired) electrons. The number of para-hydroxylation sites is 1. The van der Waals surface area contributed by atoms with E-state index < -0.39 is 0 Å². The molecule has 2 bridgehead atoms. The van der Waals surface area contributed by atoms with Gasteiger partial charge in [-0.25, -0.2) is 4.98 Å². The predicted molar refractivity (Wildman–Crippen MR) is 96.3 cm³/mol. The number of nitrogens with one attached hydrogen (secondary N) is 1. The first kappa shape index (κ1) is 15.3. The molecule has 0 saturated carbocycles. The Hall–Kier alpha value is -3.21. The van der Waals surface area contributed by atoms with Crippen LogP contribution in [0.25, 0.3) is 17.0 Å². The zero-order chi connectivity index (χ0) is 17.1. The van der Waals surface area contributed by atoms with Gasteiger partial charge < -0.3 is 10.1 Å². The van der Waals surface area contributed by atoms with E-state index in [1.54, 1.807) is 18.5 Å². The standard InChI is InChI=1S/C20H17N3O2/c24-20-17-9-8-16-12-21-11-15(19(16)23-17)6-3-4-10-25-18-7-2-1-5-14(18)13-22-20/h1-3,5-9,11-12H,4,10,13H2,(H,22,24)/b6-3-. The molecule has 3 aromatic rings. The summed E-state index contributed by atoms with van der Waals surface area (Å²) in [6.45, 7) is 0.964. The number of pyridine rings is 2. The normalized spacial score (nSPS) is 15.8. The maximum absolute atomic E-state index is 12.5. The topological polar surface area (TPSA) is 64.1 Å². The highest BCUT2D eigenvalue weighted by molar-refractivity contribution is 5.96. The van der Waals surface area contributed by atoms with Gasteiger partial charge in [0.15, 0.2) is 0 Å². The molecule has 1 aliphatic heterocycles. The molecule has 0 fully saturated rings. The lowest BCUT2D eigenvalue weighted by atomic mass is 10.1. The fraction of sp³-hybridized carbons (Fsp3) is 0.150. The van der Waals surface area contributed by atoms with Crippen LogP contribution in [0, 0.1) is 0 Å². The lowest BCUT2D eigenvalue weighted by Gasteiger charge is -2.12. The Labute approximate surface area is 145 Å². The molecule has 3 heterocycles. The Balaban J connectivity index is 1.75. The fourth-order valence-electron chi connectivity index (χ4n) is 2.82. The molecule has 4 rings (SSSR count). The highest BCUT2D eigenvalue weighted by atomic mass is 16.5. The summed E-state index contributed by atoms with van der Waals surface area (Å²) in [6.07, 6.45) is 8.31. The molecule has 2 aromatic heterocycles. The van der Waals surface area contributed by atoms with Crippen LogP contribution in [-0.2, 0) is 6.54 Å². The first-order valence-corrected chi connectivity index (χ1v) is 8.21. The zero-order valence-corrected chi connectivity index (χ0v) is 13.6. The Morgan fingerprint density at radius 3 is 2.96 bits per heavy atom. The van der Waals surface area contributed by atoms with Crippen LogP contribution in [0.5, 0.6) is 5.75 Å². The van der Waals surface area contributed by atoms with E-state index in [0.29, 0.717) is 18.8 Å². The number of nitrogens with zero attached hydrogens (tertiary/aromatic N) is 2. The van der Waals surface area contributed by atoms with Crippen LogP contribution in [0.15, 0.2) is 54.9 Å². The van der Waals surface area contributed by atoms with E-state index in [9.17, 15) is 4.79 Å². The van der Waals surface area contributed by atoms with E-state index in [4.69, 9.17) is 4.74 Å². The number of hydrogen-bond donors (Lipinski definition) is 1. The maximum atomic E-state index is 12.5. The van der Waals surface area contributed by atoms with Crippen LogP contribution in [0.2, 0.25) is 0 Å². The van der Waals surface area contributed by atoms with Crippen molar-refractivity contribution in [2.24, 2.45) is 0 Å². The number of carbonyl (C=O) groups is 1. The Morgan fingerprint density at radius 1 is 1.08 bits per heavy atom. The van der Waals surface area contributed by atoms with Crippen LogP contribution < -0.4 is 10.1 Å². The van der Waals surface area contributed by atoms with Crippen molar-refractivity contribution in [3.63, 3.8) is 0 Å². The summed E-state index contributed by atoms with van der Waals surface area (Å²) in [5, 5.41) is 3.83. The quantitative estimate of drug-likeness (QED) is 0.686. The second-order valence-corrected chi connectivity index (χ2v) is 5.83. The van der Waals surface area contributed by atoms with E-state index in [-0.39, 0.29) is 5.91 Å². The van der Waals surface area contributed by atoms with Gasteiger partial charge in [0.1, 0.15) is 11.4 Å². The zero-order valence-electron chi connectivity index (χ0n) is 13.6. The summed E-state index contributed by atoms with van der Waals surface area (Å²) in [5.74, 6) is 0.583. The molecule has 1 aliphatic rings. The third-order valence-electron chi connectivity index (χ3n) is 4.11. The van der Waals surface area contributed by atoms with Gasteiger partial charge in [-0.05, 0) is 24.6 Å². The number of carbonyl (C=O) groups excluding carboxylic acids is 1. The van der Waals surface area contributed by atoms with Crippen molar-refractivity contribution in [1.29, 1.82) is 0 Å². The maximum Gasteiger partial charge on any atom is 0.270 e.